The van der Waals surface area contributed by atoms with Crippen molar-refractivity contribution in [1.82, 2.24) is 10.9 Å². The molecule has 0 aliphatic heterocycles. The molecule has 1 rings (SSSR count). The van der Waals surface area contributed by atoms with Crippen LogP contribution in [0.25, 0.3) is 0 Å². The lowest BCUT2D eigenvalue weighted by molar-refractivity contribution is 0.451. The van der Waals surface area contributed by atoms with Crippen molar-refractivity contribution in [3.8, 4) is 11.5 Å². The van der Waals surface area contributed by atoms with E-state index in [2.05, 4.69) is 22.9 Å². The maximum atomic E-state index is 9.33. The van der Waals surface area contributed by atoms with Gasteiger partial charge in [0, 0.05) is 6.07 Å². The zero-order valence-corrected chi connectivity index (χ0v) is 7.41. The van der Waals surface area contributed by atoms with Crippen LogP contribution in [0.5, 0.6) is 11.5 Å². The molecule has 0 aliphatic carbocycles. The molecule has 0 unspecified atom stereocenters. The third-order valence-corrected chi connectivity index (χ3v) is 1.50. The summed E-state index contributed by atoms with van der Waals surface area (Å²) in [5.74, 6) is 5.30. The first-order chi connectivity index (χ1) is 6.63. The number of anilines is 1. The van der Waals surface area contributed by atoms with Gasteiger partial charge in [-0.15, -0.1) is 0 Å². The summed E-state index contributed by atoms with van der Waals surface area (Å²) in [6, 6.07) is 4.15. The fraction of sp³-hybridized carbons (Fsp3) is 0. The lowest BCUT2D eigenvalue weighted by Crippen LogP contribution is -2.33. The van der Waals surface area contributed by atoms with Gasteiger partial charge < -0.3 is 15.6 Å². The summed E-state index contributed by atoms with van der Waals surface area (Å²) < 4.78 is 0. The number of nitrogens with two attached hydrogens (primary N) is 1. The van der Waals surface area contributed by atoms with Crippen molar-refractivity contribution in [3.63, 3.8) is 0 Å². The van der Waals surface area contributed by atoms with Crippen LogP contribution in [0.2, 0.25) is 0 Å². The van der Waals surface area contributed by atoms with Crippen molar-refractivity contribution in [2.45, 2.75) is 0 Å². The van der Waals surface area contributed by atoms with Crippen molar-refractivity contribution < 1.29 is 10.2 Å². The fourth-order valence-corrected chi connectivity index (χ4v) is 0.805. The first-order valence-corrected chi connectivity index (χ1v) is 3.83. The first kappa shape index (κ1) is 10.0. The topological polar surface area (TPSA) is 103 Å². The van der Waals surface area contributed by atoms with Crippen molar-refractivity contribution >= 4 is 5.69 Å². The molecule has 0 heterocycles. The monoisotopic (exact) mass is 196 g/mol. The quantitative estimate of drug-likeness (QED) is 0.175. The second kappa shape index (κ2) is 4.24. The van der Waals surface area contributed by atoms with Crippen molar-refractivity contribution in [2.24, 2.45) is 5.84 Å². The normalized spacial score (nSPS) is 9.21. The van der Waals surface area contributed by atoms with Gasteiger partial charge in [0.25, 0.3) is 0 Å². The Morgan fingerprint density at radius 1 is 1.36 bits per heavy atom. The van der Waals surface area contributed by atoms with Crippen LogP contribution in [0.4, 0.5) is 5.69 Å². The Hall–Kier alpha value is -2.08. The smallest absolute Gasteiger partial charge is 0.144 e. The summed E-state index contributed by atoms with van der Waals surface area (Å²) in [5.41, 5.74) is 7.89. The van der Waals surface area contributed by atoms with Crippen molar-refractivity contribution in [3.05, 3.63) is 30.6 Å². The molecule has 0 aliphatic rings. The number of hydrogen-bond acceptors (Lipinski definition) is 6. The molecule has 1 aromatic rings. The van der Waals surface area contributed by atoms with Gasteiger partial charge in [0.15, 0.2) is 0 Å². The lowest BCUT2D eigenvalue weighted by Gasteiger charge is -2.12. The van der Waals surface area contributed by atoms with E-state index in [9.17, 15) is 5.11 Å². The van der Waals surface area contributed by atoms with Crippen LogP contribution in [0.15, 0.2) is 30.6 Å². The predicted molar refractivity (Wildman–Crippen MR) is 53.0 cm³/mol. The van der Waals surface area contributed by atoms with E-state index >= 15 is 0 Å². The number of rotatable bonds is 4. The Bertz CT molecular complexity index is 340. The summed E-state index contributed by atoms with van der Waals surface area (Å²) in [4.78, 5) is 0. The molecule has 0 amide bonds. The maximum absolute atomic E-state index is 9.33. The van der Waals surface area contributed by atoms with Gasteiger partial charge in [-0.25, -0.2) is 5.84 Å². The molecular weight excluding hydrogens is 184 g/mol. The van der Waals surface area contributed by atoms with Crippen LogP contribution in [-0.4, -0.2) is 10.2 Å². The van der Waals surface area contributed by atoms with Gasteiger partial charge in [-0.1, -0.05) is 6.58 Å². The molecule has 0 spiro atoms. The molecule has 7 N–H and O–H groups in total. The van der Waals surface area contributed by atoms with E-state index in [1.165, 1.54) is 18.2 Å². The highest BCUT2D eigenvalue weighted by Crippen LogP contribution is 2.26. The van der Waals surface area contributed by atoms with E-state index in [4.69, 9.17) is 10.9 Å². The highest BCUT2D eigenvalue weighted by atomic mass is 16.3. The Morgan fingerprint density at radius 2 is 2.07 bits per heavy atom. The molecule has 0 saturated heterocycles. The fourth-order valence-electron chi connectivity index (χ4n) is 0.805. The minimum Gasteiger partial charge on any atom is -0.508 e. The van der Waals surface area contributed by atoms with E-state index in [0.717, 1.165) is 0 Å². The highest BCUT2D eigenvalue weighted by Gasteiger charge is 2.00. The lowest BCUT2D eigenvalue weighted by atomic mass is 10.3. The molecule has 0 aromatic heterocycles. The van der Waals surface area contributed by atoms with Gasteiger partial charge in [-0.05, 0) is 12.1 Å². The van der Waals surface area contributed by atoms with Crippen LogP contribution >= 0.6 is 0 Å². The first-order valence-electron chi connectivity index (χ1n) is 3.83. The zero-order valence-electron chi connectivity index (χ0n) is 7.41. The number of phenolic OH excluding ortho intramolecular Hbond substituents is 2. The molecule has 76 valence electrons. The second-order valence-electron chi connectivity index (χ2n) is 2.57. The molecular formula is C8H12N4O2. The molecule has 6 heteroatoms. The average molecular weight is 196 g/mol. The zero-order chi connectivity index (χ0) is 10.6. The summed E-state index contributed by atoms with van der Waals surface area (Å²) in [5, 5.41) is 18.3. The number of hydrogen-bond donors (Lipinski definition) is 6. The standard InChI is InChI=1S/C8H12N4O2/c1-5(10-9)11-12-7-3-2-6(13)4-8(7)14/h2-4,10-14H,1,9H2. The Kier molecular flexibility index (Phi) is 3.03. The molecule has 0 bridgehead atoms. The Labute approximate surface area is 81.0 Å². The van der Waals surface area contributed by atoms with E-state index in [1.807, 2.05) is 0 Å². The van der Waals surface area contributed by atoms with Gasteiger partial charge in [-0.3, -0.25) is 10.9 Å². The SMILES string of the molecule is C=C(NN)NNc1ccc(O)cc1O. The van der Waals surface area contributed by atoms with Crippen molar-refractivity contribution in [1.29, 1.82) is 0 Å². The van der Waals surface area contributed by atoms with Gasteiger partial charge in [0.05, 0.1) is 5.69 Å². The minimum atomic E-state index is -0.0812. The van der Waals surface area contributed by atoms with Crippen molar-refractivity contribution in [2.75, 3.05) is 5.43 Å². The van der Waals surface area contributed by atoms with E-state index in [0.29, 0.717) is 11.5 Å². The maximum Gasteiger partial charge on any atom is 0.144 e. The number of benzene rings is 1. The third-order valence-electron chi connectivity index (χ3n) is 1.50. The minimum absolute atomic E-state index is 0.0103. The van der Waals surface area contributed by atoms with E-state index in [-0.39, 0.29) is 11.5 Å². The Morgan fingerprint density at radius 3 is 2.64 bits per heavy atom. The summed E-state index contributed by atoms with van der Waals surface area (Å²) >= 11 is 0. The molecule has 1 aromatic carbocycles. The average Bonchev–Trinajstić information content (AvgIpc) is 2.16. The molecule has 14 heavy (non-hydrogen) atoms. The van der Waals surface area contributed by atoms with E-state index < -0.39 is 0 Å². The number of aromatic hydroxyl groups is 2. The molecule has 0 saturated carbocycles. The van der Waals surface area contributed by atoms with E-state index in [1.54, 1.807) is 0 Å². The summed E-state index contributed by atoms with van der Waals surface area (Å²) in [6.07, 6.45) is 0. The third kappa shape index (κ3) is 2.46. The molecule has 6 nitrogen and oxygen atoms in total. The van der Waals surface area contributed by atoms with Crippen LogP contribution in [-0.2, 0) is 0 Å². The van der Waals surface area contributed by atoms with Gasteiger partial charge in [-0.2, -0.15) is 0 Å². The van der Waals surface area contributed by atoms with Gasteiger partial charge >= 0.3 is 0 Å². The van der Waals surface area contributed by atoms with Crippen LogP contribution in [0, 0.1) is 0 Å². The van der Waals surface area contributed by atoms with Crippen LogP contribution < -0.4 is 22.1 Å². The van der Waals surface area contributed by atoms with Gasteiger partial charge in [0.1, 0.15) is 17.3 Å². The predicted octanol–water partition coefficient (Wildman–Crippen LogP) is -0.0512. The number of nitrogens with one attached hydrogen (secondary N) is 3. The molecule has 0 radical (unpaired) electrons. The number of phenols is 2. The largest absolute Gasteiger partial charge is 0.508 e. The van der Waals surface area contributed by atoms with Gasteiger partial charge in [0.2, 0.25) is 0 Å². The molecule has 0 fully saturated rings. The second-order valence-corrected chi connectivity index (χ2v) is 2.57. The summed E-state index contributed by atoms with van der Waals surface area (Å²) in [6.45, 7) is 3.49. The molecule has 0 atom stereocenters. The number of hydrazine groups is 2. The highest BCUT2D eigenvalue weighted by molar-refractivity contribution is 5.57. The Balaban J connectivity index is 2.63. The summed E-state index contributed by atoms with van der Waals surface area (Å²) in [7, 11) is 0. The van der Waals surface area contributed by atoms with Crippen LogP contribution in [0.1, 0.15) is 0 Å². The van der Waals surface area contributed by atoms with Crippen LogP contribution in [0.3, 0.4) is 0 Å².